The van der Waals surface area contributed by atoms with E-state index in [1.165, 1.54) is 18.5 Å². The van der Waals surface area contributed by atoms with E-state index in [0.717, 1.165) is 50.2 Å². The molecule has 0 aromatic carbocycles. The van der Waals surface area contributed by atoms with Gasteiger partial charge in [0.25, 0.3) is 0 Å². The number of aryl methyl sites for hydroxylation is 2. The SMILES string of the molecule is CCc1nn(CCCC2CCCO2)c(CC)c1N. The van der Waals surface area contributed by atoms with E-state index in [2.05, 4.69) is 23.6 Å². The molecule has 0 spiro atoms. The molecule has 2 N–H and O–H groups in total. The summed E-state index contributed by atoms with van der Waals surface area (Å²) in [6.07, 6.45) is 7.07. The first-order valence-electron chi connectivity index (χ1n) is 7.21. The molecule has 4 nitrogen and oxygen atoms in total. The first-order chi connectivity index (χ1) is 8.76. The lowest BCUT2D eigenvalue weighted by Crippen LogP contribution is -2.10. The molecular formula is C14H25N3O. The molecule has 0 saturated carbocycles. The summed E-state index contributed by atoms with van der Waals surface area (Å²) in [5.41, 5.74) is 9.25. The molecule has 0 amide bonds. The van der Waals surface area contributed by atoms with Gasteiger partial charge in [-0.2, -0.15) is 5.10 Å². The van der Waals surface area contributed by atoms with Crippen LogP contribution >= 0.6 is 0 Å². The molecule has 1 aliphatic rings. The highest BCUT2D eigenvalue weighted by Gasteiger charge is 2.16. The Morgan fingerprint density at radius 3 is 2.83 bits per heavy atom. The molecule has 1 atom stereocenters. The first kappa shape index (κ1) is 13.4. The summed E-state index contributed by atoms with van der Waals surface area (Å²) in [6.45, 7) is 6.16. The smallest absolute Gasteiger partial charge is 0.0854 e. The van der Waals surface area contributed by atoms with E-state index < -0.39 is 0 Å². The fraction of sp³-hybridized carbons (Fsp3) is 0.786. The van der Waals surface area contributed by atoms with Gasteiger partial charge >= 0.3 is 0 Å². The van der Waals surface area contributed by atoms with E-state index in [0.29, 0.717) is 6.10 Å². The molecule has 0 bridgehead atoms. The maximum atomic E-state index is 6.11. The van der Waals surface area contributed by atoms with Crippen molar-refractivity contribution in [2.24, 2.45) is 0 Å². The van der Waals surface area contributed by atoms with Crippen LogP contribution in [-0.4, -0.2) is 22.5 Å². The fourth-order valence-corrected chi connectivity index (χ4v) is 2.73. The Morgan fingerprint density at radius 1 is 1.39 bits per heavy atom. The Balaban J connectivity index is 1.91. The molecule has 1 aromatic heterocycles. The van der Waals surface area contributed by atoms with Crippen molar-refractivity contribution in [3.05, 3.63) is 11.4 Å². The molecule has 18 heavy (non-hydrogen) atoms. The standard InChI is InChI=1S/C14H25N3O/c1-3-12-14(15)13(4-2)17(16-12)9-5-7-11-8-6-10-18-11/h11H,3-10,15H2,1-2H3. The lowest BCUT2D eigenvalue weighted by Gasteiger charge is -2.10. The van der Waals surface area contributed by atoms with E-state index in [1.807, 2.05) is 0 Å². The van der Waals surface area contributed by atoms with Crippen LogP contribution in [0, 0.1) is 0 Å². The maximum Gasteiger partial charge on any atom is 0.0854 e. The van der Waals surface area contributed by atoms with Gasteiger partial charge in [0.05, 0.1) is 23.2 Å². The summed E-state index contributed by atoms with van der Waals surface area (Å²) >= 11 is 0. The summed E-state index contributed by atoms with van der Waals surface area (Å²) < 4.78 is 7.74. The lowest BCUT2D eigenvalue weighted by atomic mass is 10.1. The van der Waals surface area contributed by atoms with Gasteiger partial charge in [-0.15, -0.1) is 0 Å². The second-order valence-electron chi connectivity index (χ2n) is 5.01. The maximum absolute atomic E-state index is 6.11. The number of nitrogens with two attached hydrogens (primary N) is 1. The average Bonchev–Trinajstić information content (AvgIpc) is 2.97. The van der Waals surface area contributed by atoms with Crippen molar-refractivity contribution < 1.29 is 4.74 Å². The molecule has 4 heteroatoms. The van der Waals surface area contributed by atoms with Gasteiger partial charge in [0.1, 0.15) is 0 Å². The van der Waals surface area contributed by atoms with Crippen LogP contribution in [-0.2, 0) is 24.1 Å². The quantitative estimate of drug-likeness (QED) is 0.845. The zero-order valence-corrected chi connectivity index (χ0v) is 11.6. The molecule has 1 aliphatic heterocycles. The molecule has 1 saturated heterocycles. The third-order valence-electron chi connectivity index (χ3n) is 3.76. The number of aromatic nitrogens is 2. The van der Waals surface area contributed by atoms with Gasteiger partial charge in [0, 0.05) is 13.2 Å². The summed E-state index contributed by atoms with van der Waals surface area (Å²) in [7, 11) is 0. The Bertz CT molecular complexity index is 381. The summed E-state index contributed by atoms with van der Waals surface area (Å²) in [6, 6.07) is 0. The van der Waals surface area contributed by atoms with Crippen LogP contribution < -0.4 is 5.73 Å². The minimum atomic E-state index is 0.480. The number of hydrogen-bond donors (Lipinski definition) is 1. The molecule has 2 heterocycles. The van der Waals surface area contributed by atoms with Crippen molar-refractivity contribution >= 4 is 5.69 Å². The molecule has 1 aromatic rings. The van der Waals surface area contributed by atoms with Crippen LogP contribution in [0.5, 0.6) is 0 Å². The Hall–Kier alpha value is -1.03. The second kappa shape index (κ2) is 6.23. The first-order valence-corrected chi connectivity index (χ1v) is 7.21. The van der Waals surface area contributed by atoms with Crippen LogP contribution in [0.2, 0.25) is 0 Å². The number of rotatable bonds is 6. The van der Waals surface area contributed by atoms with E-state index >= 15 is 0 Å². The predicted octanol–water partition coefficient (Wildman–Crippen LogP) is 2.55. The van der Waals surface area contributed by atoms with Gasteiger partial charge in [-0.05, 0) is 38.5 Å². The zero-order chi connectivity index (χ0) is 13.0. The third-order valence-corrected chi connectivity index (χ3v) is 3.76. The summed E-state index contributed by atoms with van der Waals surface area (Å²) in [5, 5.41) is 4.61. The van der Waals surface area contributed by atoms with Crippen molar-refractivity contribution in [2.45, 2.75) is 65.0 Å². The lowest BCUT2D eigenvalue weighted by molar-refractivity contribution is 0.101. The Kier molecular flexibility index (Phi) is 4.64. The number of nitrogens with zero attached hydrogens (tertiary/aromatic N) is 2. The molecule has 0 radical (unpaired) electrons. The molecule has 0 aliphatic carbocycles. The van der Waals surface area contributed by atoms with Gasteiger partial charge in [0.15, 0.2) is 0 Å². The highest BCUT2D eigenvalue weighted by Crippen LogP contribution is 2.21. The predicted molar refractivity (Wildman–Crippen MR) is 73.6 cm³/mol. The Labute approximate surface area is 110 Å². The van der Waals surface area contributed by atoms with Gasteiger partial charge in [-0.25, -0.2) is 0 Å². The van der Waals surface area contributed by atoms with Gasteiger partial charge in [-0.3, -0.25) is 4.68 Å². The van der Waals surface area contributed by atoms with Crippen LogP contribution in [0.4, 0.5) is 5.69 Å². The minimum absolute atomic E-state index is 0.480. The van der Waals surface area contributed by atoms with Gasteiger partial charge in [0.2, 0.25) is 0 Å². The van der Waals surface area contributed by atoms with Crippen molar-refractivity contribution in [1.82, 2.24) is 9.78 Å². The molecule has 1 fully saturated rings. The monoisotopic (exact) mass is 251 g/mol. The molecule has 1 unspecified atom stereocenters. The highest BCUT2D eigenvalue weighted by atomic mass is 16.5. The highest BCUT2D eigenvalue weighted by molar-refractivity contribution is 5.48. The van der Waals surface area contributed by atoms with Crippen molar-refractivity contribution in [3.8, 4) is 0 Å². The van der Waals surface area contributed by atoms with Gasteiger partial charge in [-0.1, -0.05) is 13.8 Å². The average molecular weight is 251 g/mol. The van der Waals surface area contributed by atoms with Crippen LogP contribution in [0.25, 0.3) is 0 Å². The van der Waals surface area contributed by atoms with E-state index in [9.17, 15) is 0 Å². The number of anilines is 1. The fourth-order valence-electron chi connectivity index (χ4n) is 2.73. The Morgan fingerprint density at radius 2 is 2.22 bits per heavy atom. The molecule has 2 rings (SSSR count). The summed E-state index contributed by atoms with van der Waals surface area (Å²) in [4.78, 5) is 0. The number of hydrogen-bond acceptors (Lipinski definition) is 3. The van der Waals surface area contributed by atoms with E-state index in [-0.39, 0.29) is 0 Å². The minimum Gasteiger partial charge on any atom is -0.396 e. The van der Waals surface area contributed by atoms with E-state index in [4.69, 9.17) is 10.5 Å². The van der Waals surface area contributed by atoms with Crippen LogP contribution in [0.1, 0.15) is 50.9 Å². The topological polar surface area (TPSA) is 53.1 Å². The number of ether oxygens (including phenoxy) is 1. The van der Waals surface area contributed by atoms with Crippen LogP contribution in [0.15, 0.2) is 0 Å². The largest absolute Gasteiger partial charge is 0.396 e. The van der Waals surface area contributed by atoms with Gasteiger partial charge < -0.3 is 10.5 Å². The summed E-state index contributed by atoms with van der Waals surface area (Å²) in [5.74, 6) is 0. The zero-order valence-electron chi connectivity index (χ0n) is 11.6. The second-order valence-corrected chi connectivity index (χ2v) is 5.01. The molecular weight excluding hydrogens is 226 g/mol. The molecule has 102 valence electrons. The normalized spacial score (nSPS) is 19.6. The van der Waals surface area contributed by atoms with E-state index in [1.54, 1.807) is 0 Å². The van der Waals surface area contributed by atoms with Crippen molar-refractivity contribution in [1.29, 1.82) is 0 Å². The van der Waals surface area contributed by atoms with Crippen LogP contribution in [0.3, 0.4) is 0 Å². The third kappa shape index (κ3) is 2.86. The van der Waals surface area contributed by atoms with Crippen molar-refractivity contribution in [2.75, 3.05) is 12.3 Å². The number of nitrogen functional groups attached to an aromatic ring is 1. The van der Waals surface area contributed by atoms with Crippen molar-refractivity contribution in [3.63, 3.8) is 0 Å².